The Bertz CT molecular complexity index is 602. The Hall–Kier alpha value is -2.30. The molecule has 1 aromatic heterocycles. The van der Waals surface area contributed by atoms with Gasteiger partial charge in [0.15, 0.2) is 5.82 Å². The molecule has 0 fully saturated rings. The highest BCUT2D eigenvalue weighted by Crippen LogP contribution is 2.31. The average Bonchev–Trinajstić information content (AvgIpc) is 2.87. The van der Waals surface area contributed by atoms with Gasteiger partial charge in [-0.1, -0.05) is 19.9 Å². The highest BCUT2D eigenvalue weighted by Gasteiger charge is 2.12. The minimum Gasteiger partial charge on any atom is -0.496 e. The van der Waals surface area contributed by atoms with E-state index in [1.807, 2.05) is 18.2 Å². The molecular formula is C14H17N3O2. The van der Waals surface area contributed by atoms with Crippen molar-refractivity contribution in [2.75, 3.05) is 7.11 Å². The molecule has 0 radical (unpaired) electrons. The van der Waals surface area contributed by atoms with Crippen molar-refractivity contribution in [1.29, 1.82) is 0 Å². The summed E-state index contributed by atoms with van der Waals surface area (Å²) in [6.07, 6.45) is 1.58. The molecule has 0 saturated carbocycles. The number of H-pyrrole nitrogens is 1. The molecule has 0 unspecified atom stereocenters. The van der Waals surface area contributed by atoms with Crippen molar-refractivity contribution in [2.45, 2.75) is 19.8 Å². The summed E-state index contributed by atoms with van der Waals surface area (Å²) in [5.74, 6) is 0.728. The number of benzene rings is 1. The lowest BCUT2D eigenvalue weighted by molar-refractivity contribution is 0.0991. The molecule has 2 rings (SSSR count). The molecule has 2 aromatic rings. The summed E-state index contributed by atoms with van der Waals surface area (Å²) in [7, 11) is 1.62. The van der Waals surface area contributed by atoms with Crippen LogP contribution in [0.3, 0.4) is 0 Å². The minimum atomic E-state index is -0.580. The Morgan fingerprint density at radius 1 is 1.42 bits per heavy atom. The van der Waals surface area contributed by atoms with Gasteiger partial charge in [0.1, 0.15) is 5.75 Å². The maximum atomic E-state index is 11.0. The highest BCUT2D eigenvalue weighted by molar-refractivity contribution is 5.89. The molecule has 0 saturated heterocycles. The monoisotopic (exact) mass is 259 g/mol. The highest BCUT2D eigenvalue weighted by atomic mass is 16.5. The number of carbonyl (C=O) groups excluding carboxylic acids is 1. The summed E-state index contributed by atoms with van der Waals surface area (Å²) in [6, 6.07) is 5.98. The molecule has 1 aromatic carbocycles. The molecular weight excluding hydrogens is 242 g/mol. The number of amides is 1. The Morgan fingerprint density at radius 2 is 2.16 bits per heavy atom. The third kappa shape index (κ3) is 2.59. The van der Waals surface area contributed by atoms with Crippen molar-refractivity contribution >= 4 is 5.91 Å². The third-order valence-electron chi connectivity index (χ3n) is 2.99. The second-order valence-electron chi connectivity index (χ2n) is 4.62. The van der Waals surface area contributed by atoms with E-state index in [4.69, 9.17) is 10.5 Å². The number of aromatic amines is 1. The normalized spacial score (nSPS) is 10.7. The number of nitrogens with zero attached hydrogens (tertiary/aromatic N) is 1. The first-order valence-corrected chi connectivity index (χ1v) is 6.06. The van der Waals surface area contributed by atoms with Gasteiger partial charge in [-0.15, -0.1) is 0 Å². The lowest BCUT2D eigenvalue weighted by atomic mass is 10.00. The molecule has 0 aliphatic rings. The first-order chi connectivity index (χ1) is 9.02. The number of nitrogens with one attached hydrogen (secondary N) is 1. The number of primary amides is 1. The molecule has 0 aliphatic heterocycles. The van der Waals surface area contributed by atoms with Gasteiger partial charge in [-0.25, -0.2) is 4.98 Å². The first-order valence-electron chi connectivity index (χ1n) is 6.06. The van der Waals surface area contributed by atoms with E-state index >= 15 is 0 Å². The summed E-state index contributed by atoms with van der Waals surface area (Å²) in [4.78, 5) is 17.9. The number of nitrogens with two attached hydrogens (primary N) is 1. The zero-order valence-electron chi connectivity index (χ0n) is 11.2. The van der Waals surface area contributed by atoms with Crippen LogP contribution in [-0.2, 0) is 0 Å². The summed E-state index contributed by atoms with van der Waals surface area (Å²) >= 11 is 0. The SMILES string of the molecule is COc1cc(C(C)C)ccc1-c1cnc(C(N)=O)[nH]1. The first kappa shape index (κ1) is 13.1. The van der Waals surface area contributed by atoms with Crippen molar-refractivity contribution < 1.29 is 9.53 Å². The van der Waals surface area contributed by atoms with Crippen LogP contribution in [0.25, 0.3) is 11.3 Å². The molecule has 0 aliphatic carbocycles. The van der Waals surface area contributed by atoms with E-state index < -0.39 is 5.91 Å². The van der Waals surface area contributed by atoms with Crippen molar-refractivity contribution in [3.05, 3.63) is 35.8 Å². The number of hydrogen-bond donors (Lipinski definition) is 2. The van der Waals surface area contributed by atoms with E-state index in [0.717, 1.165) is 11.3 Å². The molecule has 0 bridgehead atoms. The molecule has 3 N–H and O–H groups in total. The van der Waals surface area contributed by atoms with Crippen LogP contribution < -0.4 is 10.5 Å². The Balaban J connectivity index is 2.46. The Kier molecular flexibility index (Phi) is 3.55. The maximum Gasteiger partial charge on any atom is 0.284 e. The fourth-order valence-corrected chi connectivity index (χ4v) is 1.87. The Morgan fingerprint density at radius 3 is 2.68 bits per heavy atom. The molecule has 19 heavy (non-hydrogen) atoms. The lowest BCUT2D eigenvalue weighted by Crippen LogP contribution is -2.12. The van der Waals surface area contributed by atoms with Crippen molar-refractivity contribution in [1.82, 2.24) is 9.97 Å². The topological polar surface area (TPSA) is 81.0 Å². The van der Waals surface area contributed by atoms with Gasteiger partial charge in [-0.2, -0.15) is 0 Å². The van der Waals surface area contributed by atoms with Crippen LogP contribution in [0.4, 0.5) is 0 Å². The molecule has 0 atom stereocenters. The number of ether oxygens (including phenoxy) is 1. The average molecular weight is 259 g/mol. The zero-order valence-corrected chi connectivity index (χ0v) is 11.2. The van der Waals surface area contributed by atoms with Crippen LogP contribution in [0, 0.1) is 0 Å². The summed E-state index contributed by atoms with van der Waals surface area (Å²) in [5, 5.41) is 0. The van der Waals surface area contributed by atoms with E-state index in [-0.39, 0.29) is 5.82 Å². The van der Waals surface area contributed by atoms with E-state index in [1.165, 1.54) is 5.56 Å². The second kappa shape index (κ2) is 5.14. The van der Waals surface area contributed by atoms with Gasteiger partial charge in [0.25, 0.3) is 5.91 Å². The van der Waals surface area contributed by atoms with Crippen LogP contribution in [0.15, 0.2) is 24.4 Å². The van der Waals surface area contributed by atoms with E-state index in [1.54, 1.807) is 13.3 Å². The number of rotatable bonds is 4. The smallest absolute Gasteiger partial charge is 0.284 e. The molecule has 5 heteroatoms. The molecule has 100 valence electrons. The van der Waals surface area contributed by atoms with Crippen LogP contribution in [0.5, 0.6) is 5.75 Å². The fraction of sp³-hybridized carbons (Fsp3) is 0.286. The molecule has 5 nitrogen and oxygen atoms in total. The number of carbonyl (C=O) groups is 1. The van der Waals surface area contributed by atoms with Gasteiger partial charge in [0, 0.05) is 5.56 Å². The van der Waals surface area contributed by atoms with Gasteiger partial charge in [-0.05, 0) is 23.6 Å². The van der Waals surface area contributed by atoms with Gasteiger partial charge in [0.2, 0.25) is 0 Å². The second-order valence-corrected chi connectivity index (χ2v) is 4.62. The van der Waals surface area contributed by atoms with E-state index in [9.17, 15) is 4.79 Å². The van der Waals surface area contributed by atoms with Gasteiger partial charge in [-0.3, -0.25) is 4.79 Å². The molecule has 0 spiro atoms. The summed E-state index contributed by atoms with van der Waals surface area (Å²) < 4.78 is 5.40. The predicted molar refractivity (Wildman–Crippen MR) is 73.2 cm³/mol. The lowest BCUT2D eigenvalue weighted by Gasteiger charge is -2.11. The van der Waals surface area contributed by atoms with Gasteiger partial charge < -0.3 is 15.5 Å². The van der Waals surface area contributed by atoms with Crippen LogP contribution in [0.2, 0.25) is 0 Å². The van der Waals surface area contributed by atoms with Crippen molar-refractivity contribution in [3.63, 3.8) is 0 Å². The largest absolute Gasteiger partial charge is 0.496 e. The van der Waals surface area contributed by atoms with Crippen molar-refractivity contribution in [3.8, 4) is 17.0 Å². The number of imidazole rings is 1. The zero-order chi connectivity index (χ0) is 14.0. The predicted octanol–water partition coefficient (Wildman–Crippen LogP) is 2.31. The van der Waals surface area contributed by atoms with Crippen LogP contribution >= 0.6 is 0 Å². The fourth-order valence-electron chi connectivity index (χ4n) is 1.87. The number of methoxy groups -OCH3 is 1. The number of hydrogen-bond acceptors (Lipinski definition) is 3. The van der Waals surface area contributed by atoms with Crippen molar-refractivity contribution in [2.24, 2.45) is 5.73 Å². The summed E-state index contributed by atoms with van der Waals surface area (Å²) in [6.45, 7) is 4.24. The molecule has 1 amide bonds. The van der Waals surface area contributed by atoms with Gasteiger partial charge in [0.05, 0.1) is 19.0 Å². The van der Waals surface area contributed by atoms with Gasteiger partial charge >= 0.3 is 0 Å². The minimum absolute atomic E-state index is 0.144. The Labute approximate surface area is 111 Å². The maximum absolute atomic E-state index is 11.0. The third-order valence-corrected chi connectivity index (χ3v) is 2.99. The van der Waals surface area contributed by atoms with Crippen LogP contribution in [0.1, 0.15) is 35.9 Å². The van der Waals surface area contributed by atoms with Crippen LogP contribution in [-0.4, -0.2) is 23.0 Å². The number of aromatic nitrogens is 2. The van der Waals surface area contributed by atoms with E-state index in [0.29, 0.717) is 11.6 Å². The molecule has 1 heterocycles. The standard InChI is InChI=1S/C14H17N3O2/c1-8(2)9-4-5-10(12(6-9)19-3)11-7-16-14(17-11)13(15)18/h4-8H,1-3H3,(H2,15,18)(H,16,17). The quantitative estimate of drug-likeness (QED) is 0.884. The summed E-state index contributed by atoms with van der Waals surface area (Å²) in [5.41, 5.74) is 7.93. The van der Waals surface area contributed by atoms with E-state index in [2.05, 4.69) is 23.8 Å².